The lowest BCUT2D eigenvalue weighted by molar-refractivity contribution is 0.590. The lowest BCUT2D eigenvalue weighted by atomic mass is 9.98. The summed E-state index contributed by atoms with van der Waals surface area (Å²) in [5, 5.41) is 3.33. The summed E-state index contributed by atoms with van der Waals surface area (Å²) in [6.07, 6.45) is 2.20. The number of halogens is 1. The Hall–Kier alpha value is -1.67. The van der Waals surface area contributed by atoms with Crippen molar-refractivity contribution in [3.05, 3.63) is 58.9 Å². The molecular weight excluding hydrogens is 237 g/mol. The molecule has 2 heteroatoms. The van der Waals surface area contributed by atoms with E-state index in [-0.39, 0.29) is 5.82 Å². The van der Waals surface area contributed by atoms with E-state index >= 15 is 0 Å². The molecule has 2 aromatic carbocycles. The molecule has 0 aromatic heterocycles. The van der Waals surface area contributed by atoms with E-state index in [2.05, 4.69) is 17.4 Å². The first-order valence-corrected chi connectivity index (χ1v) is 6.75. The smallest absolute Gasteiger partial charge is 0.131 e. The molecule has 0 amide bonds. The molecular formula is C17H18FN. The van der Waals surface area contributed by atoms with Crippen molar-refractivity contribution in [1.82, 2.24) is 5.32 Å². The fourth-order valence-electron chi connectivity index (χ4n) is 2.95. The molecule has 0 radical (unpaired) electrons. The predicted octanol–water partition coefficient (Wildman–Crippen LogP) is 4.01. The fourth-order valence-corrected chi connectivity index (χ4v) is 2.95. The van der Waals surface area contributed by atoms with Crippen molar-refractivity contribution in [3.8, 4) is 11.1 Å². The zero-order chi connectivity index (χ0) is 13.4. The molecule has 1 nitrogen and oxygen atoms in total. The maximum atomic E-state index is 13.9. The van der Waals surface area contributed by atoms with Crippen LogP contribution in [0.4, 0.5) is 4.39 Å². The fraction of sp³-hybridized carbons (Fsp3) is 0.294. The molecule has 0 heterocycles. The van der Waals surface area contributed by atoms with Crippen molar-refractivity contribution in [1.29, 1.82) is 0 Å². The quantitative estimate of drug-likeness (QED) is 0.855. The van der Waals surface area contributed by atoms with E-state index in [1.54, 1.807) is 6.07 Å². The number of hydrogen-bond acceptors (Lipinski definition) is 1. The van der Waals surface area contributed by atoms with Crippen LogP contribution >= 0.6 is 0 Å². The number of benzene rings is 2. The van der Waals surface area contributed by atoms with E-state index in [9.17, 15) is 4.39 Å². The lowest BCUT2D eigenvalue weighted by Crippen LogP contribution is -2.12. The van der Waals surface area contributed by atoms with Crippen molar-refractivity contribution < 1.29 is 4.39 Å². The van der Waals surface area contributed by atoms with Crippen LogP contribution in [0.3, 0.4) is 0 Å². The summed E-state index contributed by atoms with van der Waals surface area (Å²) in [5.74, 6) is -0.145. The third-order valence-electron chi connectivity index (χ3n) is 4.00. The molecule has 19 heavy (non-hydrogen) atoms. The van der Waals surface area contributed by atoms with Gasteiger partial charge in [-0.3, -0.25) is 0 Å². The maximum absolute atomic E-state index is 13.9. The van der Waals surface area contributed by atoms with Gasteiger partial charge < -0.3 is 5.32 Å². The van der Waals surface area contributed by atoms with Gasteiger partial charge in [0.1, 0.15) is 5.82 Å². The highest BCUT2D eigenvalue weighted by Gasteiger charge is 2.21. The Kier molecular flexibility index (Phi) is 3.11. The SMILES string of the molecule is CNC1CCc2cc(-c3cc(C)ccc3F)ccc21. The summed E-state index contributed by atoms with van der Waals surface area (Å²) in [4.78, 5) is 0. The van der Waals surface area contributed by atoms with Gasteiger partial charge >= 0.3 is 0 Å². The van der Waals surface area contributed by atoms with Gasteiger partial charge in [-0.15, -0.1) is 0 Å². The van der Waals surface area contributed by atoms with E-state index in [0.29, 0.717) is 11.6 Å². The minimum Gasteiger partial charge on any atom is -0.313 e. The van der Waals surface area contributed by atoms with E-state index in [1.165, 1.54) is 11.1 Å². The van der Waals surface area contributed by atoms with Crippen molar-refractivity contribution in [2.75, 3.05) is 7.05 Å². The van der Waals surface area contributed by atoms with Gasteiger partial charge in [-0.05, 0) is 55.6 Å². The molecule has 0 aliphatic heterocycles. The molecule has 0 bridgehead atoms. The van der Waals surface area contributed by atoms with Gasteiger partial charge in [0.25, 0.3) is 0 Å². The second-order valence-corrected chi connectivity index (χ2v) is 5.28. The van der Waals surface area contributed by atoms with E-state index in [1.807, 2.05) is 32.2 Å². The largest absolute Gasteiger partial charge is 0.313 e. The van der Waals surface area contributed by atoms with Crippen LogP contribution in [0.2, 0.25) is 0 Å². The second-order valence-electron chi connectivity index (χ2n) is 5.28. The molecule has 1 aliphatic rings. The number of fused-ring (bicyclic) bond motifs is 1. The van der Waals surface area contributed by atoms with E-state index < -0.39 is 0 Å². The van der Waals surface area contributed by atoms with Crippen LogP contribution < -0.4 is 5.32 Å². The number of rotatable bonds is 2. The zero-order valence-corrected chi connectivity index (χ0v) is 11.3. The van der Waals surface area contributed by atoms with Gasteiger partial charge in [0.2, 0.25) is 0 Å². The van der Waals surface area contributed by atoms with E-state index in [0.717, 1.165) is 24.0 Å². The molecule has 0 saturated carbocycles. The van der Waals surface area contributed by atoms with Crippen LogP contribution in [0.25, 0.3) is 11.1 Å². The Morgan fingerprint density at radius 2 is 2.00 bits per heavy atom. The van der Waals surface area contributed by atoms with Gasteiger partial charge in [0.05, 0.1) is 0 Å². The summed E-state index contributed by atoms with van der Waals surface area (Å²) >= 11 is 0. The molecule has 1 N–H and O–H groups in total. The summed E-state index contributed by atoms with van der Waals surface area (Å²) in [6, 6.07) is 12.0. The van der Waals surface area contributed by atoms with Crippen LogP contribution in [0.1, 0.15) is 29.2 Å². The molecule has 0 spiro atoms. The number of aryl methyl sites for hydroxylation is 2. The molecule has 1 unspecified atom stereocenters. The van der Waals surface area contributed by atoms with Crippen molar-refractivity contribution >= 4 is 0 Å². The van der Waals surface area contributed by atoms with Gasteiger partial charge in [-0.1, -0.05) is 29.8 Å². The van der Waals surface area contributed by atoms with Crippen LogP contribution in [0, 0.1) is 12.7 Å². The summed E-state index contributed by atoms with van der Waals surface area (Å²) < 4.78 is 13.9. The molecule has 1 atom stereocenters. The Labute approximate surface area is 113 Å². The van der Waals surface area contributed by atoms with Crippen molar-refractivity contribution in [2.24, 2.45) is 0 Å². The zero-order valence-electron chi connectivity index (χ0n) is 11.3. The Morgan fingerprint density at radius 3 is 2.79 bits per heavy atom. The standard InChI is InChI=1S/C17H18FN/c1-11-3-7-16(18)15(9-11)13-4-6-14-12(10-13)5-8-17(14)19-2/h3-4,6-7,9-10,17,19H,5,8H2,1-2H3. The number of nitrogens with one attached hydrogen (secondary N) is 1. The molecule has 0 saturated heterocycles. The summed E-state index contributed by atoms with van der Waals surface area (Å²) in [6.45, 7) is 1.99. The average molecular weight is 255 g/mol. The van der Waals surface area contributed by atoms with Gasteiger partial charge in [-0.25, -0.2) is 4.39 Å². The Bertz CT molecular complexity index is 619. The van der Waals surface area contributed by atoms with Gasteiger partial charge in [-0.2, -0.15) is 0 Å². The van der Waals surface area contributed by atoms with Crippen LogP contribution in [0.5, 0.6) is 0 Å². The van der Waals surface area contributed by atoms with Gasteiger partial charge in [0, 0.05) is 11.6 Å². The first kappa shape index (κ1) is 12.4. The van der Waals surface area contributed by atoms with Crippen molar-refractivity contribution in [2.45, 2.75) is 25.8 Å². The first-order chi connectivity index (χ1) is 9.19. The average Bonchev–Trinajstić information content (AvgIpc) is 2.83. The molecule has 2 aromatic rings. The third-order valence-corrected chi connectivity index (χ3v) is 4.00. The molecule has 3 rings (SSSR count). The minimum absolute atomic E-state index is 0.145. The minimum atomic E-state index is -0.145. The molecule has 98 valence electrons. The van der Waals surface area contributed by atoms with Crippen LogP contribution in [0.15, 0.2) is 36.4 Å². The highest BCUT2D eigenvalue weighted by molar-refractivity contribution is 5.67. The second kappa shape index (κ2) is 4.78. The van der Waals surface area contributed by atoms with Gasteiger partial charge in [0.15, 0.2) is 0 Å². The highest BCUT2D eigenvalue weighted by Crippen LogP contribution is 2.34. The van der Waals surface area contributed by atoms with Crippen LogP contribution in [-0.2, 0) is 6.42 Å². The monoisotopic (exact) mass is 255 g/mol. The summed E-state index contributed by atoms with van der Waals surface area (Å²) in [5.41, 5.74) is 5.48. The Balaban J connectivity index is 2.06. The normalized spacial score (nSPS) is 17.5. The third kappa shape index (κ3) is 2.17. The maximum Gasteiger partial charge on any atom is 0.131 e. The lowest BCUT2D eigenvalue weighted by Gasteiger charge is -2.11. The first-order valence-electron chi connectivity index (χ1n) is 6.75. The highest BCUT2D eigenvalue weighted by atomic mass is 19.1. The molecule has 1 aliphatic carbocycles. The van der Waals surface area contributed by atoms with Crippen molar-refractivity contribution in [3.63, 3.8) is 0 Å². The predicted molar refractivity (Wildman–Crippen MR) is 76.7 cm³/mol. The molecule has 0 fully saturated rings. The van der Waals surface area contributed by atoms with Crippen LogP contribution in [-0.4, -0.2) is 7.05 Å². The summed E-state index contributed by atoms with van der Waals surface area (Å²) in [7, 11) is 1.99. The Morgan fingerprint density at radius 1 is 1.16 bits per heavy atom. The topological polar surface area (TPSA) is 12.0 Å². The van der Waals surface area contributed by atoms with E-state index in [4.69, 9.17) is 0 Å². The number of hydrogen-bond donors (Lipinski definition) is 1.